The van der Waals surface area contributed by atoms with Gasteiger partial charge in [-0.2, -0.15) is 5.10 Å². The Balaban J connectivity index is 1.49. The molecule has 0 aliphatic rings. The maximum absolute atomic E-state index is 12.0. The Hall–Kier alpha value is -3.00. The van der Waals surface area contributed by atoms with E-state index in [0.717, 1.165) is 22.0 Å². The van der Waals surface area contributed by atoms with Crippen LogP contribution < -0.4 is 10.9 Å². The summed E-state index contributed by atoms with van der Waals surface area (Å²) in [6.07, 6.45) is 0.101. The molecule has 2 heterocycles. The van der Waals surface area contributed by atoms with Crippen LogP contribution in [-0.4, -0.2) is 26.6 Å². The molecule has 0 spiro atoms. The highest BCUT2D eigenvalue weighted by Crippen LogP contribution is 2.23. The van der Waals surface area contributed by atoms with Crippen LogP contribution >= 0.6 is 11.3 Å². The third-order valence-electron chi connectivity index (χ3n) is 3.65. The van der Waals surface area contributed by atoms with E-state index in [1.807, 2.05) is 55.6 Å². The number of thiazole rings is 1. The van der Waals surface area contributed by atoms with Crippen LogP contribution in [0.3, 0.4) is 0 Å². The molecular formula is C18H19N5O2S. The molecule has 2 amide bonds. The van der Waals surface area contributed by atoms with Gasteiger partial charge in [0.2, 0.25) is 5.91 Å². The van der Waals surface area contributed by atoms with Crippen molar-refractivity contribution in [1.29, 1.82) is 0 Å². The highest BCUT2D eigenvalue weighted by atomic mass is 32.1. The fraction of sp³-hybridized carbons (Fsp3) is 0.222. The lowest BCUT2D eigenvalue weighted by Crippen LogP contribution is -2.44. The SMILES string of the molecule is Cc1cc(C)n(CC(=O)NNC(=O)Cc2csc(-c3ccccc3)n2)n1. The number of carbonyl (C=O) groups excluding carboxylic acids is 2. The number of nitrogens with one attached hydrogen (secondary N) is 2. The molecule has 2 N–H and O–H groups in total. The fourth-order valence-corrected chi connectivity index (χ4v) is 3.29. The van der Waals surface area contributed by atoms with Gasteiger partial charge in [0.25, 0.3) is 5.91 Å². The van der Waals surface area contributed by atoms with Crippen molar-refractivity contribution < 1.29 is 9.59 Å². The molecule has 1 aromatic carbocycles. The summed E-state index contributed by atoms with van der Waals surface area (Å²) >= 11 is 1.48. The summed E-state index contributed by atoms with van der Waals surface area (Å²) in [6, 6.07) is 11.7. The standard InChI is InChI=1S/C18H19N5O2S/c1-12-8-13(2)23(22-12)10-17(25)21-20-16(24)9-15-11-26-18(19-15)14-6-4-3-5-7-14/h3-8,11H,9-10H2,1-2H3,(H,20,24)(H,21,25). The van der Waals surface area contributed by atoms with Gasteiger partial charge in [-0.25, -0.2) is 4.98 Å². The van der Waals surface area contributed by atoms with Crippen molar-refractivity contribution in [1.82, 2.24) is 25.6 Å². The first kappa shape index (κ1) is 17.8. The average Bonchev–Trinajstić information content (AvgIpc) is 3.20. The van der Waals surface area contributed by atoms with Crippen LogP contribution in [0.2, 0.25) is 0 Å². The number of nitrogens with zero attached hydrogens (tertiary/aromatic N) is 3. The molecule has 0 radical (unpaired) electrons. The van der Waals surface area contributed by atoms with Crippen molar-refractivity contribution in [2.75, 3.05) is 0 Å². The second kappa shape index (κ2) is 7.92. The van der Waals surface area contributed by atoms with E-state index in [0.29, 0.717) is 5.69 Å². The summed E-state index contributed by atoms with van der Waals surface area (Å²) in [5.74, 6) is -0.663. The Morgan fingerprint density at radius 2 is 1.85 bits per heavy atom. The molecule has 2 aromatic heterocycles. The molecule has 26 heavy (non-hydrogen) atoms. The maximum Gasteiger partial charge on any atom is 0.260 e. The molecule has 3 aromatic rings. The second-order valence-electron chi connectivity index (χ2n) is 5.87. The molecule has 134 valence electrons. The predicted molar refractivity (Wildman–Crippen MR) is 99.2 cm³/mol. The number of aryl methyl sites for hydroxylation is 2. The minimum atomic E-state index is -0.340. The van der Waals surface area contributed by atoms with Gasteiger partial charge in [0, 0.05) is 16.6 Å². The van der Waals surface area contributed by atoms with Gasteiger partial charge in [0.15, 0.2) is 0 Å². The molecule has 0 saturated carbocycles. The summed E-state index contributed by atoms with van der Waals surface area (Å²) in [5.41, 5.74) is 8.23. The van der Waals surface area contributed by atoms with Crippen molar-refractivity contribution in [2.24, 2.45) is 0 Å². The molecule has 0 saturated heterocycles. The van der Waals surface area contributed by atoms with E-state index < -0.39 is 0 Å². The van der Waals surface area contributed by atoms with Crippen molar-refractivity contribution in [3.05, 3.63) is 58.9 Å². The number of hydrogen-bond donors (Lipinski definition) is 2. The van der Waals surface area contributed by atoms with Crippen LogP contribution in [-0.2, 0) is 22.6 Å². The van der Waals surface area contributed by atoms with Crippen molar-refractivity contribution in [2.45, 2.75) is 26.8 Å². The van der Waals surface area contributed by atoms with Crippen LogP contribution in [0.15, 0.2) is 41.8 Å². The van der Waals surface area contributed by atoms with E-state index in [2.05, 4.69) is 20.9 Å². The Kier molecular flexibility index (Phi) is 5.43. The minimum Gasteiger partial charge on any atom is -0.273 e. The highest BCUT2D eigenvalue weighted by molar-refractivity contribution is 7.13. The highest BCUT2D eigenvalue weighted by Gasteiger charge is 2.11. The third-order valence-corrected chi connectivity index (χ3v) is 4.59. The zero-order valence-electron chi connectivity index (χ0n) is 14.5. The molecule has 0 aliphatic carbocycles. The van der Waals surface area contributed by atoms with E-state index in [-0.39, 0.29) is 24.8 Å². The maximum atomic E-state index is 12.0. The topological polar surface area (TPSA) is 88.9 Å². The number of benzene rings is 1. The predicted octanol–water partition coefficient (Wildman–Crippen LogP) is 2.01. The van der Waals surface area contributed by atoms with E-state index in [4.69, 9.17) is 0 Å². The number of carbonyl (C=O) groups is 2. The van der Waals surface area contributed by atoms with Gasteiger partial charge >= 0.3 is 0 Å². The van der Waals surface area contributed by atoms with Crippen molar-refractivity contribution in [3.63, 3.8) is 0 Å². The second-order valence-corrected chi connectivity index (χ2v) is 6.73. The lowest BCUT2D eigenvalue weighted by atomic mass is 10.2. The molecule has 3 rings (SSSR count). The monoisotopic (exact) mass is 369 g/mol. The molecule has 7 nitrogen and oxygen atoms in total. The summed E-state index contributed by atoms with van der Waals surface area (Å²) < 4.78 is 1.59. The average molecular weight is 369 g/mol. The fourth-order valence-electron chi connectivity index (χ4n) is 2.46. The smallest absolute Gasteiger partial charge is 0.260 e. The Morgan fingerprint density at radius 1 is 1.12 bits per heavy atom. The summed E-state index contributed by atoms with van der Waals surface area (Å²) in [4.78, 5) is 28.4. The summed E-state index contributed by atoms with van der Waals surface area (Å²) in [6.45, 7) is 3.79. The number of aromatic nitrogens is 3. The summed E-state index contributed by atoms with van der Waals surface area (Å²) in [7, 11) is 0. The van der Waals surface area contributed by atoms with Crippen LogP contribution in [0.4, 0.5) is 0 Å². The molecule has 0 bridgehead atoms. The zero-order chi connectivity index (χ0) is 18.5. The quantitative estimate of drug-likeness (QED) is 0.674. The van der Waals surface area contributed by atoms with Crippen LogP contribution in [0.5, 0.6) is 0 Å². The van der Waals surface area contributed by atoms with Gasteiger partial charge < -0.3 is 0 Å². The van der Waals surface area contributed by atoms with Gasteiger partial charge in [0.1, 0.15) is 11.6 Å². The van der Waals surface area contributed by atoms with Crippen molar-refractivity contribution in [3.8, 4) is 10.6 Å². The third kappa shape index (κ3) is 4.54. The lowest BCUT2D eigenvalue weighted by molar-refractivity contribution is -0.129. The molecular weight excluding hydrogens is 350 g/mol. The first-order chi connectivity index (χ1) is 12.5. The van der Waals surface area contributed by atoms with Gasteiger partial charge in [-0.3, -0.25) is 25.1 Å². The number of amides is 2. The summed E-state index contributed by atoms with van der Waals surface area (Å²) in [5, 5.41) is 6.92. The Labute approximate surface area is 155 Å². The first-order valence-corrected chi connectivity index (χ1v) is 8.98. The molecule has 0 fully saturated rings. The van der Waals surface area contributed by atoms with Gasteiger partial charge in [-0.05, 0) is 19.9 Å². The zero-order valence-corrected chi connectivity index (χ0v) is 15.3. The lowest BCUT2D eigenvalue weighted by Gasteiger charge is -2.07. The van der Waals surface area contributed by atoms with Crippen LogP contribution in [0.1, 0.15) is 17.1 Å². The van der Waals surface area contributed by atoms with Crippen LogP contribution in [0, 0.1) is 13.8 Å². The van der Waals surface area contributed by atoms with Crippen molar-refractivity contribution >= 4 is 23.2 Å². The van der Waals surface area contributed by atoms with E-state index in [1.54, 1.807) is 4.68 Å². The largest absolute Gasteiger partial charge is 0.273 e. The van der Waals surface area contributed by atoms with E-state index in [1.165, 1.54) is 11.3 Å². The Morgan fingerprint density at radius 3 is 2.54 bits per heavy atom. The number of hydrazine groups is 1. The van der Waals surface area contributed by atoms with Gasteiger partial charge in [-0.15, -0.1) is 11.3 Å². The number of hydrogen-bond acceptors (Lipinski definition) is 5. The number of rotatable bonds is 5. The molecule has 8 heteroatoms. The van der Waals surface area contributed by atoms with Crippen LogP contribution in [0.25, 0.3) is 10.6 Å². The minimum absolute atomic E-state index is 0.0504. The van der Waals surface area contributed by atoms with Gasteiger partial charge in [0.05, 0.1) is 17.8 Å². The molecule has 0 atom stereocenters. The Bertz CT molecular complexity index is 917. The first-order valence-electron chi connectivity index (χ1n) is 8.10. The van der Waals surface area contributed by atoms with E-state index in [9.17, 15) is 9.59 Å². The molecule has 0 unspecified atom stereocenters. The van der Waals surface area contributed by atoms with Gasteiger partial charge in [-0.1, -0.05) is 30.3 Å². The molecule has 0 aliphatic heterocycles. The van der Waals surface area contributed by atoms with E-state index >= 15 is 0 Å². The normalized spacial score (nSPS) is 10.5.